The highest BCUT2D eigenvalue weighted by Gasteiger charge is 2.30. The molecule has 1 saturated heterocycles. The van der Waals surface area contributed by atoms with E-state index in [1.165, 1.54) is 0 Å². The first-order valence-corrected chi connectivity index (χ1v) is 10.3. The molecule has 2 heterocycles. The van der Waals surface area contributed by atoms with E-state index in [9.17, 15) is 18.0 Å². The normalized spacial score (nSPS) is 14.1. The van der Waals surface area contributed by atoms with Crippen LogP contribution in [0.15, 0.2) is 54.6 Å². The van der Waals surface area contributed by atoms with E-state index < -0.39 is 17.6 Å². The van der Waals surface area contributed by atoms with E-state index in [-0.39, 0.29) is 5.56 Å². The summed E-state index contributed by atoms with van der Waals surface area (Å²) < 4.78 is 43.4. The number of alkyl halides is 3. The molecule has 1 aromatic heterocycles. The average molecular weight is 457 g/mol. The van der Waals surface area contributed by atoms with Crippen LogP contribution >= 0.6 is 0 Å². The van der Waals surface area contributed by atoms with Crippen LogP contribution in [0.25, 0.3) is 0 Å². The first-order valence-electron chi connectivity index (χ1n) is 10.3. The highest BCUT2D eigenvalue weighted by molar-refractivity contribution is 6.04. The summed E-state index contributed by atoms with van der Waals surface area (Å²) in [4.78, 5) is 23.5. The Labute approximate surface area is 188 Å². The van der Waals surface area contributed by atoms with Gasteiger partial charge in [0, 0.05) is 41.8 Å². The van der Waals surface area contributed by atoms with Crippen molar-refractivity contribution in [2.24, 2.45) is 0 Å². The minimum absolute atomic E-state index is 0.136. The van der Waals surface area contributed by atoms with E-state index >= 15 is 0 Å². The van der Waals surface area contributed by atoms with Gasteiger partial charge in [-0.3, -0.25) is 4.79 Å². The van der Waals surface area contributed by atoms with E-state index in [2.05, 4.69) is 25.5 Å². The SMILES string of the molecule is Cc1cc(Nc2ccc(NC(=O)c3ccc(C(F)(F)F)cc3)cc2)nc(N2CCOCC2)n1. The molecule has 0 aliphatic carbocycles. The van der Waals surface area contributed by atoms with E-state index in [0.29, 0.717) is 30.7 Å². The molecule has 1 aliphatic heterocycles. The number of amides is 1. The number of aryl methyl sites for hydroxylation is 1. The summed E-state index contributed by atoms with van der Waals surface area (Å²) >= 11 is 0. The monoisotopic (exact) mass is 457 g/mol. The molecule has 33 heavy (non-hydrogen) atoms. The number of carbonyl (C=O) groups is 1. The zero-order chi connectivity index (χ0) is 23.4. The Hall–Kier alpha value is -3.66. The largest absolute Gasteiger partial charge is 0.416 e. The summed E-state index contributed by atoms with van der Waals surface area (Å²) in [6.45, 7) is 4.64. The molecular formula is C23H22F3N5O2. The zero-order valence-corrected chi connectivity index (χ0v) is 17.8. The van der Waals surface area contributed by atoms with Gasteiger partial charge >= 0.3 is 6.18 Å². The number of benzene rings is 2. The first kappa shape index (κ1) is 22.5. The first-order chi connectivity index (χ1) is 15.8. The summed E-state index contributed by atoms with van der Waals surface area (Å²) in [5, 5.41) is 5.91. The quantitative estimate of drug-likeness (QED) is 0.581. The molecule has 172 valence electrons. The van der Waals surface area contributed by atoms with Gasteiger partial charge in [0.25, 0.3) is 5.91 Å². The van der Waals surface area contributed by atoms with E-state index in [0.717, 1.165) is 48.7 Å². The lowest BCUT2D eigenvalue weighted by Gasteiger charge is -2.27. The van der Waals surface area contributed by atoms with Gasteiger partial charge in [-0.15, -0.1) is 0 Å². The number of nitrogens with zero attached hydrogens (tertiary/aromatic N) is 3. The molecule has 0 atom stereocenters. The average Bonchev–Trinajstić information content (AvgIpc) is 2.80. The van der Waals surface area contributed by atoms with Crippen molar-refractivity contribution >= 4 is 29.0 Å². The number of ether oxygens (including phenoxy) is 1. The van der Waals surface area contributed by atoms with Crippen LogP contribution < -0.4 is 15.5 Å². The molecule has 0 bridgehead atoms. The lowest BCUT2D eigenvalue weighted by molar-refractivity contribution is -0.137. The van der Waals surface area contributed by atoms with Crippen LogP contribution in [0.5, 0.6) is 0 Å². The maximum atomic E-state index is 12.7. The van der Waals surface area contributed by atoms with Crippen LogP contribution in [-0.4, -0.2) is 42.2 Å². The lowest BCUT2D eigenvalue weighted by atomic mass is 10.1. The third-order valence-corrected chi connectivity index (χ3v) is 5.03. The second-order valence-corrected chi connectivity index (χ2v) is 7.53. The third kappa shape index (κ3) is 5.78. The van der Waals surface area contributed by atoms with Crippen LogP contribution in [-0.2, 0) is 10.9 Å². The molecule has 0 radical (unpaired) electrons. The molecule has 0 saturated carbocycles. The summed E-state index contributed by atoms with van der Waals surface area (Å²) in [6.07, 6.45) is -4.44. The molecule has 1 fully saturated rings. The Balaban J connectivity index is 1.40. The number of hydrogen-bond acceptors (Lipinski definition) is 6. The van der Waals surface area contributed by atoms with Gasteiger partial charge in [0.1, 0.15) is 5.82 Å². The minimum Gasteiger partial charge on any atom is -0.378 e. The number of aromatic nitrogens is 2. The number of morpholine rings is 1. The molecule has 1 amide bonds. The Morgan fingerprint density at radius 2 is 1.61 bits per heavy atom. The molecule has 0 spiro atoms. The van der Waals surface area contributed by atoms with Gasteiger partial charge in [0.15, 0.2) is 0 Å². The zero-order valence-electron chi connectivity index (χ0n) is 17.8. The standard InChI is InChI=1S/C23H22F3N5O2/c1-15-14-20(30-22(27-15)31-10-12-33-13-11-31)28-18-6-8-19(9-7-18)29-21(32)16-2-4-17(5-3-16)23(24,25)26/h2-9,14H,10-13H2,1H3,(H,29,32)(H,27,28,30). The summed E-state index contributed by atoms with van der Waals surface area (Å²) in [5.74, 6) is 0.790. The van der Waals surface area contributed by atoms with Crippen molar-refractivity contribution in [1.82, 2.24) is 9.97 Å². The van der Waals surface area contributed by atoms with Crippen molar-refractivity contribution in [3.05, 3.63) is 71.4 Å². The molecule has 2 N–H and O–H groups in total. The van der Waals surface area contributed by atoms with Crippen molar-refractivity contribution in [3.63, 3.8) is 0 Å². The predicted molar refractivity (Wildman–Crippen MR) is 119 cm³/mol. The van der Waals surface area contributed by atoms with Crippen molar-refractivity contribution in [1.29, 1.82) is 0 Å². The van der Waals surface area contributed by atoms with Gasteiger partial charge in [-0.2, -0.15) is 18.2 Å². The van der Waals surface area contributed by atoms with Crippen LogP contribution in [0.4, 0.5) is 36.3 Å². The fraction of sp³-hybridized carbons (Fsp3) is 0.261. The summed E-state index contributed by atoms with van der Waals surface area (Å²) in [6, 6.07) is 12.8. The number of nitrogens with one attached hydrogen (secondary N) is 2. The lowest BCUT2D eigenvalue weighted by Crippen LogP contribution is -2.37. The molecule has 7 nitrogen and oxygen atoms in total. The molecule has 0 unspecified atom stereocenters. The second kappa shape index (κ2) is 9.45. The van der Waals surface area contributed by atoms with Gasteiger partial charge < -0.3 is 20.3 Å². The topological polar surface area (TPSA) is 79.4 Å². The third-order valence-electron chi connectivity index (χ3n) is 5.03. The number of anilines is 4. The smallest absolute Gasteiger partial charge is 0.378 e. The van der Waals surface area contributed by atoms with Crippen LogP contribution in [0, 0.1) is 6.92 Å². The van der Waals surface area contributed by atoms with E-state index in [4.69, 9.17) is 4.74 Å². The maximum absolute atomic E-state index is 12.7. The fourth-order valence-corrected chi connectivity index (χ4v) is 3.32. The van der Waals surface area contributed by atoms with Crippen LogP contribution in [0.2, 0.25) is 0 Å². The highest BCUT2D eigenvalue weighted by atomic mass is 19.4. The highest BCUT2D eigenvalue weighted by Crippen LogP contribution is 2.29. The van der Waals surface area contributed by atoms with Crippen LogP contribution in [0.1, 0.15) is 21.6 Å². The summed E-state index contributed by atoms with van der Waals surface area (Å²) in [5.41, 5.74) is 1.44. The summed E-state index contributed by atoms with van der Waals surface area (Å²) in [7, 11) is 0. The van der Waals surface area contributed by atoms with Crippen molar-refractivity contribution < 1.29 is 22.7 Å². The fourth-order valence-electron chi connectivity index (χ4n) is 3.32. The molecule has 1 aliphatic rings. The van der Waals surface area contributed by atoms with E-state index in [1.807, 2.05) is 13.0 Å². The molecule has 10 heteroatoms. The number of rotatable bonds is 5. The number of hydrogen-bond donors (Lipinski definition) is 2. The van der Waals surface area contributed by atoms with Gasteiger partial charge in [0.2, 0.25) is 5.95 Å². The Morgan fingerprint density at radius 1 is 0.970 bits per heavy atom. The Kier molecular flexibility index (Phi) is 6.45. The molecule has 3 aromatic rings. The van der Waals surface area contributed by atoms with Crippen molar-refractivity contribution in [3.8, 4) is 0 Å². The van der Waals surface area contributed by atoms with E-state index in [1.54, 1.807) is 24.3 Å². The number of carbonyl (C=O) groups excluding carboxylic acids is 1. The maximum Gasteiger partial charge on any atom is 0.416 e. The van der Waals surface area contributed by atoms with Gasteiger partial charge in [-0.1, -0.05) is 0 Å². The van der Waals surface area contributed by atoms with Crippen LogP contribution in [0.3, 0.4) is 0 Å². The number of halogens is 3. The van der Waals surface area contributed by atoms with Crippen molar-refractivity contribution in [2.75, 3.05) is 41.8 Å². The Morgan fingerprint density at radius 3 is 2.24 bits per heavy atom. The van der Waals surface area contributed by atoms with Gasteiger partial charge in [-0.05, 0) is 55.5 Å². The molecule has 2 aromatic carbocycles. The second-order valence-electron chi connectivity index (χ2n) is 7.53. The van der Waals surface area contributed by atoms with Gasteiger partial charge in [0.05, 0.1) is 18.8 Å². The van der Waals surface area contributed by atoms with Gasteiger partial charge in [-0.25, -0.2) is 4.98 Å². The molecular weight excluding hydrogens is 435 g/mol. The Bertz CT molecular complexity index is 1110. The molecule has 4 rings (SSSR count). The van der Waals surface area contributed by atoms with Crippen molar-refractivity contribution in [2.45, 2.75) is 13.1 Å². The minimum atomic E-state index is -4.44. The predicted octanol–water partition coefficient (Wildman–Crippen LogP) is 4.64.